The summed E-state index contributed by atoms with van der Waals surface area (Å²) in [6.07, 6.45) is 0.749. The van der Waals surface area contributed by atoms with Gasteiger partial charge in [0, 0.05) is 17.6 Å². The Kier molecular flexibility index (Phi) is 11.2. The van der Waals surface area contributed by atoms with E-state index in [-0.39, 0.29) is 17.3 Å². The lowest BCUT2D eigenvalue weighted by molar-refractivity contribution is -0.139. The van der Waals surface area contributed by atoms with E-state index in [4.69, 9.17) is 4.74 Å². The molecule has 0 aliphatic carbocycles. The van der Waals surface area contributed by atoms with Crippen molar-refractivity contribution in [2.24, 2.45) is 0 Å². The number of hydrogen-bond donors (Lipinski definition) is 1. The molecule has 0 fully saturated rings. The summed E-state index contributed by atoms with van der Waals surface area (Å²) < 4.78 is 35.3. The molecule has 0 spiro atoms. The van der Waals surface area contributed by atoms with Gasteiger partial charge < -0.3 is 15.0 Å². The molecule has 3 rings (SSSR count). The fourth-order valence-corrected chi connectivity index (χ4v) is 5.69. The lowest BCUT2D eigenvalue weighted by Crippen LogP contribution is -2.51. The summed E-state index contributed by atoms with van der Waals surface area (Å²) in [5.41, 5.74) is 2.03. The number of ether oxygens (including phenoxy) is 1. The Balaban J connectivity index is 2.01. The van der Waals surface area contributed by atoms with Gasteiger partial charge in [0.1, 0.15) is 18.3 Å². The first-order valence-corrected chi connectivity index (χ1v) is 15.4. The van der Waals surface area contributed by atoms with Crippen LogP contribution in [-0.4, -0.2) is 50.9 Å². The number of carbonyl (C=O) groups is 2. The fraction of sp³-hybridized carbons (Fsp3) is 0.333. The Morgan fingerprint density at radius 2 is 1.57 bits per heavy atom. The molecule has 0 saturated heterocycles. The smallest absolute Gasteiger partial charge is 0.264 e. The van der Waals surface area contributed by atoms with Gasteiger partial charge in [0.2, 0.25) is 11.8 Å². The molecular formula is C30H36BrN3O5S. The summed E-state index contributed by atoms with van der Waals surface area (Å²) >= 11 is 3.42. The maximum absolute atomic E-state index is 13.9. The Hall–Kier alpha value is -3.37. The lowest BCUT2D eigenvalue weighted by atomic mass is 10.1. The molecule has 1 N–H and O–H groups in total. The van der Waals surface area contributed by atoms with Gasteiger partial charge in [-0.15, -0.1) is 0 Å². The highest BCUT2D eigenvalue weighted by Crippen LogP contribution is 2.27. The normalized spacial score (nSPS) is 11.9. The third-order valence-electron chi connectivity index (χ3n) is 6.31. The van der Waals surface area contributed by atoms with Crippen LogP contribution in [0, 0.1) is 6.92 Å². The van der Waals surface area contributed by atoms with Gasteiger partial charge in [-0.05, 0) is 81.3 Å². The summed E-state index contributed by atoms with van der Waals surface area (Å²) in [7, 11) is -4.12. The first-order valence-electron chi connectivity index (χ1n) is 13.2. The van der Waals surface area contributed by atoms with Gasteiger partial charge in [-0.1, -0.05) is 52.7 Å². The second kappa shape index (κ2) is 14.3. The zero-order chi connectivity index (χ0) is 29.3. The molecule has 10 heteroatoms. The van der Waals surface area contributed by atoms with Gasteiger partial charge >= 0.3 is 0 Å². The number of anilines is 1. The third kappa shape index (κ3) is 8.08. The number of sulfonamides is 1. The average molecular weight is 631 g/mol. The van der Waals surface area contributed by atoms with Gasteiger partial charge in [-0.25, -0.2) is 8.42 Å². The van der Waals surface area contributed by atoms with E-state index in [1.54, 1.807) is 43.3 Å². The summed E-state index contributed by atoms with van der Waals surface area (Å²) in [6.45, 7) is 7.90. The van der Waals surface area contributed by atoms with E-state index in [1.165, 1.54) is 17.0 Å². The standard InChI is InChI=1S/C30H36BrN3O5S/c1-5-19-32-30(36)23(4)33(20-24-9-11-25(31)12-10-24)29(35)21-34(26-13-15-27(16-14-26)39-6-2)40(37,38)28-17-7-22(3)8-18-28/h7-18,23H,5-6,19-21H2,1-4H3,(H,32,36)/t23-/m0/s1. The largest absolute Gasteiger partial charge is 0.494 e. The van der Waals surface area contributed by atoms with Crippen LogP contribution in [0.25, 0.3) is 0 Å². The molecule has 2 amide bonds. The van der Waals surface area contributed by atoms with Crippen molar-refractivity contribution < 1.29 is 22.7 Å². The third-order valence-corrected chi connectivity index (χ3v) is 8.62. The number of nitrogens with zero attached hydrogens (tertiary/aromatic N) is 2. The molecule has 0 aliphatic rings. The number of halogens is 1. The predicted molar refractivity (Wildman–Crippen MR) is 161 cm³/mol. The molecule has 3 aromatic rings. The minimum absolute atomic E-state index is 0.0629. The van der Waals surface area contributed by atoms with Crippen molar-refractivity contribution in [3.8, 4) is 5.75 Å². The molecule has 0 unspecified atom stereocenters. The Morgan fingerprint density at radius 3 is 2.15 bits per heavy atom. The van der Waals surface area contributed by atoms with E-state index in [2.05, 4.69) is 21.2 Å². The molecule has 0 saturated carbocycles. The van der Waals surface area contributed by atoms with Gasteiger partial charge in [-0.2, -0.15) is 0 Å². The maximum Gasteiger partial charge on any atom is 0.264 e. The number of amides is 2. The number of nitrogens with one attached hydrogen (secondary N) is 1. The number of aryl methyl sites for hydroxylation is 1. The molecular weight excluding hydrogens is 594 g/mol. The molecule has 1 atom stereocenters. The van der Waals surface area contributed by atoms with Crippen LogP contribution < -0.4 is 14.4 Å². The molecule has 0 bridgehead atoms. The monoisotopic (exact) mass is 629 g/mol. The van der Waals surface area contributed by atoms with Gasteiger partial charge in [-0.3, -0.25) is 13.9 Å². The first-order chi connectivity index (χ1) is 19.1. The van der Waals surface area contributed by atoms with E-state index in [1.807, 2.05) is 45.0 Å². The van der Waals surface area contributed by atoms with Crippen molar-refractivity contribution in [2.45, 2.75) is 51.6 Å². The van der Waals surface area contributed by atoms with Crippen molar-refractivity contribution in [3.63, 3.8) is 0 Å². The lowest BCUT2D eigenvalue weighted by Gasteiger charge is -2.32. The summed E-state index contributed by atoms with van der Waals surface area (Å²) in [5, 5.41) is 2.84. The number of carbonyl (C=O) groups excluding carboxylic acids is 2. The minimum atomic E-state index is -4.12. The highest BCUT2D eigenvalue weighted by Gasteiger charge is 2.32. The molecule has 3 aromatic carbocycles. The van der Waals surface area contributed by atoms with E-state index in [0.29, 0.717) is 24.6 Å². The molecule has 0 radical (unpaired) electrons. The van der Waals surface area contributed by atoms with Crippen LogP contribution in [-0.2, 0) is 26.2 Å². The second-order valence-corrected chi connectivity index (χ2v) is 12.1. The van der Waals surface area contributed by atoms with Crippen LogP contribution >= 0.6 is 15.9 Å². The van der Waals surface area contributed by atoms with Crippen molar-refractivity contribution in [1.82, 2.24) is 10.2 Å². The Bertz CT molecular complexity index is 1380. The van der Waals surface area contributed by atoms with Crippen LogP contribution in [0.1, 0.15) is 38.3 Å². The molecule has 40 heavy (non-hydrogen) atoms. The van der Waals surface area contributed by atoms with Crippen molar-refractivity contribution in [3.05, 3.63) is 88.4 Å². The summed E-state index contributed by atoms with van der Waals surface area (Å²) in [4.78, 5) is 28.3. The topological polar surface area (TPSA) is 96.0 Å². The van der Waals surface area contributed by atoms with E-state index < -0.39 is 28.5 Å². The second-order valence-electron chi connectivity index (χ2n) is 9.37. The van der Waals surface area contributed by atoms with E-state index in [0.717, 1.165) is 26.3 Å². The average Bonchev–Trinajstić information content (AvgIpc) is 2.94. The fourth-order valence-electron chi connectivity index (χ4n) is 4.01. The Labute approximate surface area is 245 Å². The van der Waals surface area contributed by atoms with Gasteiger partial charge in [0.25, 0.3) is 10.0 Å². The van der Waals surface area contributed by atoms with Crippen molar-refractivity contribution in [2.75, 3.05) is 24.0 Å². The van der Waals surface area contributed by atoms with Crippen molar-refractivity contribution >= 4 is 43.5 Å². The zero-order valence-corrected chi connectivity index (χ0v) is 25.7. The molecule has 0 aromatic heterocycles. The highest BCUT2D eigenvalue weighted by atomic mass is 79.9. The maximum atomic E-state index is 13.9. The minimum Gasteiger partial charge on any atom is -0.494 e. The van der Waals surface area contributed by atoms with Crippen LogP contribution in [0.4, 0.5) is 5.69 Å². The van der Waals surface area contributed by atoms with Crippen LogP contribution in [0.2, 0.25) is 0 Å². The Morgan fingerprint density at radius 1 is 0.950 bits per heavy atom. The quantitative estimate of drug-likeness (QED) is 0.277. The molecule has 0 heterocycles. The van der Waals surface area contributed by atoms with Crippen LogP contribution in [0.15, 0.2) is 82.2 Å². The summed E-state index contributed by atoms with van der Waals surface area (Å²) in [6, 6.07) is 19.6. The number of benzene rings is 3. The SMILES string of the molecule is CCCNC(=O)[C@H](C)N(Cc1ccc(Br)cc1)C(=O)CN(c1ccc(OCC)cc1)S(=O)(=O)c1ccc(C)cc1. The van der Waals surface area contributed by atoms with E-state index >= 15 is 0 Å². The number of rotatable bonds is 13. The molecule has 214 valence electrons. The van der Waals surface area contributed by atoms with Crippen LogP contribution in [0.3, 0.4) is 0 Å². The molecule has 8 nitrogen and oxygen atoms in total. The van der Waals surface area contributed by atoms with Crippen LogP contribution in [0.5, 0.6) is 5.75 Å². The summed E-state index contributed by atoms with van der Waals surface area (Å²) in [5.74, 6) is -0.226. The van der Waals surface area contributed by atoms with E-state index in [9.17, 15) is 18.0 Å². The number of hydrogen-bond acceptors (Lipinski definition) is 5. The highest BCUT2D eigenvalue weighted by molar-refractivity contribution is 9.10. The van der Waals surface area contributed by atoms with Gasteiger partial charge in [0.05, 0.1) is 17.2 Å². The molecule has 0 aliphatic heterocycles. The zero-order valence-electron chi connectivity index (χ0n) is 23.3. The van der Waals surface area contributed by atoms with Crippen molar-refractivity contribution in [1.29, 1.82) is 0 Å². The first kappa shape index (κ1) is 31.2. The predicted octanol–water partition coefficient (Wildman–Crippen LogP) is 5.30. The van der Waals surface area contributed by atoms with Gasteiger partial charge in [0.15, 0.2) is 0 Å².